The van der Waals surface area contributed by atoms with Crippen LogP contribution in [0.4, 0.5) is 4.39 Å². The maximum atomic E-state index is 14.0. The summed E-state index contributed by atoms with van der Waals surface area (Å²) in [6.07, 6.45) is 0.481. The second-order valence-electron chi connectivity index (χ2n) is 3.04. The van der Waals surface area contributed by atoms with Gasteiger partial charge in [-0.1, -0.05) is 6.07 Å². The van der Waals surface area contributed by atoms with E-state index in [0.717, 1.165) is 10.6 Å². The summed E-state index contributed by atoms with van der Waals surface area (Å²) in [5.41, 5.74) is 0. The van der Waals surface area contributed by atoms with Gasteiger partial charge in [0.25, 0.3) is 0 Å². The molecule has 1 fully saturated rings. The van der Waals surface area contributed by atoms with Crippen molar-refractivity contribution in [1.29, 1.82) is 0 Å². The standard InChI is InChI=1S/C9H11FOS2/c10-9(7-11-3-5-13-9)6-8-2-1-4-12-8/h1-2,4H,3,5-7H2. The zero-order valence-electron chi connectivity index (χ0n) is 7.16. The summed E-state index contributed by atoms with van der Waals surface area (Å²) < 4.78 is 19.1. The van der Waals surface area contributed by atoms with Crippen LogP contribution in [0.25, 0.3) is 0 Å². The topological polar surface area (TPSA) is 9.23 Å². The average molecular weight is 218 g/mol. The maximum absolute atomic E-state index is 14.0. The Kier molecular flexibility index (Phi) is 2.91. The molecule has 0 bridgehead atoms. The Morgan fingerprint density at radius 2 is 2.54 bits per heavy atom. The van der Waals surface area contributed by atoms with Crippen molar-refractivity contribution in [2.45, 2.75) is 11.4 Å². The third-order valence-corrected chi connectivity index (χ3v) is 3.95. The van der Waals surface area contributed by atoms with E-state index in [1.54, 1.807) is 11.3 Å². The van der Waals surface area contributed by atoms with Crippen molar-refractivity contribution >= 4 is 23.1 Å². The fourth-order valence-electron chi connectivity index (χ4n) is 1.33. The summed E-state index contributed by atoms with van der Waals surface area (Å²) in [5.74, 6) is 0.766. The average Bonchev–Trinajstić information content (AvgIpc) is 2.57. The van der Waals surface area contributed by atoms with Crippen molar-refractivity contribution in [3.05, 3.63) is 22.4 Å². The molecule has 13 heavy (non-hydrogen) atoms. The highest BCUT2D eigenvalue weighted by molar-refractivity contribution is 8.00. The quantitative estimate of drug-likeness (QED) is 0.755. The molecular formula is C9H11FOS2. The van der Waals surface area contributed by atoms with Gasteiger partial charge in [-0.15, -0.1) is 23.1 Å². The smallest absolute Gasteiger partial charge is 0.184 e. The highest BCUT2D eigenvalue weighted by Gasteiger charge is 2.33. The van der Waals surface area contributed by atoms with E-state index in [1.165, 1.54) is 11.8 Å². The van der Waals surface area contributed by atoms with E-state index in [9.17, 15) is 4.39 Å². The molecule has 2 heterocycles. The van der Waals surface area contributed by atoms with E-state index in [0.29, 0.717) is 13.0 Å². The van der Waals surface area contributed by atoms with Gasteiger partial charge in [-0.25, -0.2) is 4.39 Å². The Hall–Kier alpha value is -0.0600. The normalized spacial score (nSPS) is 29.0. The van der Waals surface area contributed by atoms with Crippen LogP contribution in [0.5, 0.6) is 0 Å². The van der Waals surface area contributed by atoms with Gasteiger partial charge < -0.3 is 4.74 Å². The minimum absolute atomic E-state index is 0.232. The predicted molar refractivity (Wildman–Crippen MR) is 55.1 cm³/mol. The molecule has 0 saturated carbocycles. The van der Waals surface area contributed by atoms with Gasteiger partial charge in [-0.2, -0.15) is 0 Å². The molecular weight excluding hydrogens is 207 g/mol. The van der Waals surface area contributed by atoms with Crippen LogP contribution in [-0.4, -0.2) is 24.0 Å². The summed E-state index contributed by atoms with van der Waals surface area (Å²) in [6, 6.07) is 3.93. The van der Waals surface area contributed by atoms with Gasteiger partial charge in [-0.05, 0) is 11.4 Å². The number of thiophene rings is 1. The molecule has 1 aliphatic rings. The second-order valence-corrected chi connectivity index (χ2v) is 5.50. The largest absolute Gasteiger partial charge is 0.376 e. The molecule has 0 N–H and O–H groups in total. The van der Waals surface area contributed by atoms with Gasteiger partial charge in [-0.3, -0.25) is 0 Å². The summed E-state index contributed by atoms with van der Waals surface area (Å²) in [7, 11) is 0. The molecule has 72 valence electrons. The van der Waals surface area contributed by atoms with Crippen LogP contribution in [0.15, 0.2) is 17.5 Å². The molecule has 0 aromatic carbocycles. The third-order valence-electron chi connectivity index (χ3n) is 1.92. The lowest BCUT2D eigenvalue weighted by molar-refractivity contribution is 0.0639. The molecule has 0 amide bonds. The number of thioether (sulfide) groups is 1. The Morgan fingerprint density at radius 3 is 3.15 bits per heavy atom. The molecule has 1 saturated heterocycles. The SMILES string of the molecule is FC1(Cc2cccs2)COCCS1. The number of hydrogen-bond donors (Lipinski definition) is 0. The highest BCUT2D eigenvalue weighted by Crippen LogP contribution is 2.35. The number of alkyl halides is 1. The Balaban J connectivity index is 1.99. The van der Waals surface area contributed by atoms with Crippen molar-refractivity contribution in [3.8, 4) is 0 Å². The van der Waals surface area contributed by atoms with E-state index in [4.69, 9.17) is 4.74 Å². The zero-order valence-corrected chi connectivity index (χ0v) is 8.80. The van der Waals surface area contributed by atoms with E-state index in [-0.39, 0.29) is 6.61 Å². The minimum atomic E-state index is -1.19. The number of hydrogen-bond acceptors (Lipinski definition) is 3. The monoisotopic (exact) mass is 218 g/mol. The molecule has 1 nitrogen and oxygen atoms in total. The minimum Gasteiger partial charge on any atom is -0.376 e. The molecule has 1 unspecified atom stereocenters. The molecule has 1 aromatic rings. The molecule has 0 spiro atoms. The summed E-state index contributed by atoms with van der Waals surface area (Å²) in [5, 5.41) is 0.788. The van der Waals surface area contributed by atoms with Crippen molar-refractivity contribution < 1.29 is 9.13 Å². The Labute approximate surface area is 85.3 Å². The van der Waals surface area contributed by atoms with Crippen LogP contribution >= 0.6 is 23.1 Å². The molecule has 0 radical (unpaired) electrons. The molecule has 1 atom stereocenters. The van der Waals surface area contributed by atoms with Crippen molar-refractivity contribution in [3.63, 3.8) is 0 Å². The first-order valence-electron chi connectivity index (χ1n) is 4.21. The van der Waals surface area contributed by atoms with E-state index in [1.807, 2.05) is 17.5 Å². The van der Waals surface area contributed by atoms with Gasteiger partial charge >= 0.3 is 0 Å². The number of rotatable bonds is 2. The first-order valence-corrected chi connectivity index (χ1v) is 6.08. The van der Waals surface area contributed by atoms with Crippen LogP contribution < -0.4 is 0 Å². The van der Waals surface area contributed by atoms with E-state index in [2.05, 4.69) is 0 Å². The van der Waals surface area contributed by atoms with Crippen LogP contribution in [0.2, 0.25) is 0 Å². The molecule has 0 aliphatic carbocycles. The number of ether oxygens (including phenoxy) is 1. The Morgan fingerprint density at radius 1 is 1.62 bits per heavy atom. The molecule has 4 heteroatoms. The Bertz CT molecular complexity index is 255. The highest BCUT2D eigenvalue weighted by atomic mass is 32.2. The van der Waals surface area contributed by atoms with Crippen molar-refractivity contribution in [2.75, 3.05) is 19.0 Å². The maximum Gasteiger partial charge on any atom is 0.184 e. The fraction of sp³-hybridized carbons (Fsp3) is 0.556. The van der Waals surface area contributed by atoms with Gasteiger partial charge in [0.2, 0.25) is 0 Å². The fourth-order valence-corrected chi connectivity index (χ4v) is 3.21. The summed E-state index contributed by atoms with van der Waals surface area (Å²) in [6.45, 7) is 0.913. The zero-order chi connectivity index (χ0) is 9.15. The summed E-state index contributed by atoms with van der Waals surface area (Å²) in [4.78, 5) is 1.10. The third kappa shape index (κ3) is 2.45. The van der Waals surface area contributed by atoms with Crippen LogP contribution in [0.1, 0.15) is 4.88 Å². The van der Waals surface area contributed by atoms with Crippen LogP contribution in [0.3, 0.4) is 0 Å². The van der Waals surface area contributed by atoms with Crippen LogP contribution in [-0.2, 0) is 11.2 Å². The summed E-state index contributed by atoms with van der Waals surface area (Å²) >= 11 is 2.98. The molecule has 1 aliphatic heterocycles. The predicted octanol–water partition coefficient (Wildman–Crippen LogP) is 2.72. The van der Waals surface area contributed by atoms with Gasteiger partial charge in [0.1, 0.15) is 0 Å². The van der Waals surface area contributed by atoms with Crippen molar-refractivity contribution in [2.24, 2.45) is 0 Å². The lowest BCUT2D eigenvalue weighted by atomic mass is 10.2. The first-order chi connectivity index (χ1) is 6.29. The molecule has 1 aromatic heterocycles. The van der Waals surface area contributed by atoms with Crippen molar-refractivity contribution in [1.82, 2.24) is 0 Å². The lowest BCUT2D eigenvalue weighted by Crippen LogP contribution is -2.33. The van der Waals surface area contributed by atoms with Crippen LogP contribution in [0, 0.1) is 0 Å². The first kappa shape index (κ1) is 9.49. The van der Waals surface area contributed by atoms with Gasteiger partial charge in [0.15, 0.2) is 5.00 Å². The number of halogens is 1. The van der Waals surface area contributed by atoms with E-state index >= 15 is 0 Å². The molecule has 2 rings (SSSR count). The van der Waals surface area contributed by atoms with Gasteiger partial charge in [0, 0.05) is 17.1 Å². The van der Waals surface area contributed by atoms with Gasteiger partial charge in [0.05, 0.1) is 13.2 Å². The lowest BCUT2D eigenvalue weighted by Gasteiger charge is -2.28. The second kappa shape index (κ2) is 3.98. The van der Waals surface area contributed by atoms with E-state index < -0.39 is 5.00 Å².